The SMILES string of the molecule is c1ccc(N(c2ccccn2)c2c3ccccc3c(N(c3ccccn3)c3ccccn3)c3ccccc23)nc1. The van der Waals surface area contributed by atoms with Crippen LogP contribution in [0.25, 0.3) is 21.5 Å². The molecule has 0 spiro atoms. The largest absolute Gasteiger partial charge is 0.278 e. The van der Waals surface area contributed by atoms with Gasteiger partial charge < -0.3 is 0 Å². The van der Waals surface area contributed by atoms with Gasteiger partial charge in [0.25, 0.3) is 0 Å². The fourth-order valence-corrected chi connectivity index (χ4v) is 5.20. The van der Waals surface area contributed by atoms with Crippen molar-refractivity contribution >= 4 is 56.2 Å². The van der Waals surface area contributed by atoms with Crippen molar-refractivity contribution in [2.75, 3.05) is 9.80 Å². The molecule has 4 aromatic heterocycles. The van der Waals surface area contributed by atoms with E-state index >= 15 is 0 Å². The minimum absolute atomic E-state index is 0.788. The summed E-state index contributed by atoms with van der Waals surface area (Å²) in [5.41, 5.74) is 2.02. The molecule has 0 saturated heterocycles. The second-order valence-corrected chi connectivity index (χ2v) is 9.21. The van der Waals surface area contributed by atoms with Crippen LogP contribution in [0.15, 0.2) is 146 Å². The summed E-state index contributed by atoms with van der Waals surface area (Å²) in [7, 11) is 0. The molecule has 4 heterocycles. The van der Waals surface area contributed by atoms with Crippen molar-refractivity contribution in [2.24, 2.45) is 0 Å². The van der Waals surface area contributed by atoms with Crippen molar-refractivity contribution < 1.29 is 0 Å². The van der Waals surface area contributed by atoms with Crippen molar-refractivity contribution in [3.63, 3.8) is 0 Å². The fourth-order valence-electron chi connectivity index (χ4n) is 5.20. The number of aromatic nitrogens is 4. The molecule has 0 atom stereocenters. The van der Waals surface area contributed by atoms with Crippen LogP contribution in [0, 0.1) is 0 Å². The van der Waals surface area contributed by atoms with E-state index < -0.39 is 0 Å². The summed E-state index contributed by atoms with van der Waals surface area (Å²) in [6.07, 6.45) is 7.25. The third kappa shape index (κ3) is 4.08. The highest BCUT2D eigenvalue weighted by molar-refractivity contribution is 6.22. The van der Waals surface area contributed by atoms with Gasteiger partial charge in [-0.2, -0.15) is 0 Å². The maximum atomic E-state index is 4.75. The van der Waals surface area contributed by atoms with E-state index in [9.17, 15) is 0 Å². The van der Waals surface area contributed by atoms with Gasteiger partial charge in [0.1, 0.15) is 23.3 Å². The lowest BCUT2D eigenvalue weighted by molar-refractivity contribution is 1.13. The van der Waals surface area contributed by atoms with E-state index in [1.807, 2.05) is 97.6 Å². The Morgan fingerprint density at radius 3 is 0.775 bits per heavy atom. The van der Waals surface area contributed by atoms with Gasteiger partial charge in [-0.15, -0.1) is 0 Å². The molecule has 7 rings (SSSR count). The number of hydrogen-bond donors (Lipinski definition) is 0. The van der Waals surface area contributed by atoms with Crippen molar-refractivity contribution in [3.05, 3.63) is 146 Å². The molecule has 190 valence electrons. The molecule has 7 aromatic rings. The molecule has 40 heavy (non-hydrogen) atoms. The van der Waals surface area contributed by atoms with Crippen molar-refractivity contribution in [1.29, 1.82) is 0 Å². The number of rotatable bonds is 6. The standard InChI is InChI=1S/C34H24N6/c1-2-14-26-25(13-1)33(39(29-17-5-9-21-35-29)30-18-6-10-22-36-30)27-15-3-4-16-28(27)34(26)40(31-19-7-11-23-37-31)32-20-8-12-24-38-32/h1-24H. The average molecular weight is 517 g/mol. The number of benzene rings is 3. The molecule has 0 bridgehead atoms. The summed E-state index contributed by atoms with van der Waals surface area (Å²) >= 11 is 0. The predicted octanol–water partition coefficient (Wildman–Crippen LogP) is 8.51. The third-order valence-corrected chi connectivity index (χ3v) is 6.84. The average Bonchev–Trinajstić information content (AvgIpc) is 3.04. The lowest BCUT2D eigenvalue weighted by Crippen LogP contribution is -2.16. The molecule has 6 heteroatoms. The Bertz CT molecular complexity index is 1620. The molecule has 0 aliphatic heterocycles. The molecular weight excluding hydrogens is 492 g/mol. The van der Waals surface area contributed by atoms with Gasteiger partial charge in [0, 0.05) is 46.3 Å². The molecule has 0 unspecified atom stereocenters. The first-order valence-electron chi connectivity index (χ1n) is 13.1. The van der Waals surface area contributed by atoms with Gasteiger partial charge in [-0.05, 0) is 48.5 Å². The first-order valence-corrected chi connectivity index (χ1v) is 13.1. The van der Waals surface area contributed by atoms with Gasteiger partial charge in [0.2, 0.25) is 0 Å². The van der Waals surface area contributed by atoms with E-state index in [1.54, 1.807) is 0 Å². The quantitative estimate of drug-likeness (QED) is 0.163. The van der Waals surface area contributed by atoms with E-state index in [-0.39, 0.29) is 0 Å². The summed E-state index contributed by atoms with van der Waals surface area (Å²) in [4.78, 5) is 23.3. The number of pyridine rings is 4. The van der Waals surface area contributed by atoms with E-state index in [4.69, 9.17) is 19.9 Å². The lowest BCUT2D eigenvalue weighted by atomic mass is 9.96. The minimum atomic E-state index is 0.788. The Morgan fingerprint density at radius 2 is 0.550 bits per heavy atom. The molecule has 0 aliphatic rings. The van der Waals surface area contributed by atoms with Crippen LogP contribution in [0.5, 0.6) is 0 Å². The zero-order chi connectivity index (χ0) is 26.7. The van der Waals surface area contributed by atoms with Crippen molar-refractivity contribution in [1.82, 2.24) is 19.9 Å². The molecule has 6 nitrogen and oxygen atoms in total. The minimum Gasteiger partial charge on any atom is -0.278 e. The molecule has 0 radical (unpaired) electrons. The van der Waals surface area contributed by atoms with Crippen LogP contribution < -0.4 is 9.80 Å². The predicted molar refractivity (Wildman–Crippen MR) is 162 cm³/mol. The van der Waals surface area contributed by atoms with Gasteiger partial charge in [0.05, 0.1) is 11.4 Å². The highest BCUT2D eigenvalue weighted by Gasteiger charge is 2.26. The van der Waals surface area contributed by atoms with Crippen LogP contribution in [0.1, 0.15) is 0 Å². The monoisotopic (exact) mass is 516 g/mol. The second kappa shape index (κ2) is 10.3. The van der Waals surface area contributed by atoms with Gasteiger partial charge >= 0.3 is 0 Å². The number of hydrogen-bond acceptors (Lipinski definition) is 6. The van der Waals surface area contributed by atoms with E-state index in [0.717, 1.165) is 56.2 Å². The summed E-state index contributed by atoms with van der Waals surface area (Å²) in [6.45, 7) is 0. The summed E-state index contributed by atoms with van der Waals surface area (Å²) in [5, 5.41) is 4.24. The van der Waals surface area contributed by atoms with Crippen LogP contribution >= 0.6 is 0 Å². The van der Waals surface area contributed by atoms with Crippen LogP contribution in [-0.4, -0.2) is 19.9 Å². The number of nitrogens with zero attached hydrogens (tertiary/aromatic N) is 6. The van der Waals surface area contributed by atoms with E-state index in [2.05, 4.69) is 58.3 Å². The molecule has 0 fully saturated rings. The fraction of sp³-hybridized carbons (Fsp3) is 0. The Kier molecular flexibility index (Phi) is 6.03. The first-order chi connectivity index (χ1) is 19.9. The van der Waals surface area contributed by atoms with Gasteiger partial charge in [0.15, 0.2) is 0 Å². The topological polar surface area (TPSA) is 58.0 Å². The molecule has 0 amide bonds. The maximum absolute atomic E-state index is 4.75. The summed E-state index contributed by atoms with van der Waals surface area (Å²) < 4.78 is 0. The van der Waals surface area contributed by atoms with Crippen molar-refractivity contribution in [3.8, 4) is 0 Å². The highest BCUT2D eigenvalue weighted by Crippen LogP contribution is 2.49. The van der Waals surface area contributed by atoms with Crippen LogP contribution in [0.3, 0.4) is 0 Å². The molecule has 0 saturated carbocycles. The van der Waals surface area contributed by atoms with Crippen molar-refractivity contribution in [2.45, 2.75) is 0 Å². The summed E-state index contributed by atoms with van der Waals surface area (Å²) in [6, 6.07) is 40.7. The number of anilines is 6. The highest BCUT2D eigenvalue weighted by atomic mass is 15.3. The van der Waals surface area contributed by atoms with E-state index in [1.165, 1.54) is 0 Å². The smallest absolute Gasteiger partial charge is 0.138 e. The molecular formula is C34H24N6. The summed E-state index contributed by atoms with van der Waals surface area (Å²) in [5.74, 6) is 3.15. The molecule has 0 aliphatic carbocycles. The van der Waals surface area contributed by atoms with Gasteiger partial charge in [-0.1, -0.05) is 72.8 Å². The zero-order valence-electron chi connectivity index (χ0n) is 21.5. The number of fused-ring (bicyclic) bond motifs is 2. The Morgan fingerprint density at radius 1 is 0.300 bits per heavy atom. The Hall–Kier alpha value is -5.62. The van der Waals surface area contributed by atoms with Gasteiger partial charge in [-0.3, -0.25) is 9.80 Å². The zero-order valence-corrected chi connectivity index (χ0v) is 21.5. The molecule has 0 N–H and O–H groups in total. The van der Waals surface area contributed by atoms with E-state index in [0.29, 0.717) is 0 Å². The maximum Gasteiger partial charge on any atom is 0.138 e. The van der Waals surface area contributed by atoms with Crippen LogP contribution in [-0.2, 0) is 0 Å². The van der Waals surface area contributed by atoms with Gasteiger partial charge in [-0.25, -0.2) is 19.9 Å². The first kappa shape index (κ1) is 23.5. The Balaban J connectivity index is 1.62. The second-order valence-electron chi connectivity index (χ2n) is 9.21. The van der Waals surface area contributed by atoms with Crippen LogP contribution in [0.4, 0.5) is 34.6 Å². The lowest BCUT2D eigenvalue weighted by Gasteiger charge is -2.30. The molecule has 3 aromatic carbocycles. The normalized spacial score (nSPS) is 11.0. The van der Waals surface area contributed by atoms with Crippen LogP contribution in [0.2, 0.25) is 0 Å². The third-order valence-electron chi connectivity index (χ3n) is 6.84. The Labute approximate surface area is 231 Å².